The van der Waals surface area contributed by atoms with E-state index in [9.17, 15) is 9.59 Å². The molecule has 0 aromatic heterocycles. The highest BCUT2D eigenvalue weighted by molar-refractivity contribution is 7.80. The van der Waals surface area contributed by atoms with Gasteiger partial charge < -0.3 is 24.8 Å². The van der Waals surface area contributed by atoms with Gasteiger partial charge in [-0.15, -0.1) is 0 Å². The lowest BCUT2D eigenvalue weighted by atomic mass is 10.3. The van der Waals surface area contributed by atoms with Crippen LogP contribution in [0.1, 0.15) is 26.2 Å². The number of thiocarbonyl (C=S) groups is 1. The van der Waals surface area contributed by atoms with E-state index >= 15 is 0 Å². The quantitative estimate of drug-likeness (QED) is 0.319. The van der Waals surface area contributed by atoms with Crippen molar-refractivity contribution < 1.29 is 23.8 Å². The molecule has 0 saturated carbocycles. The molecule has 2 N–H and O–H groups in total. The first kappa shape index (κ1) is 23.2. The lowest BCUT2D eigenvalue weighted by Gasteiger charge is -2.14. The first-order valence-corrected chi connectivity index (χ1v) is 10.2. The molecule has 8 heteroatoms. The van der Waals surface area contributed by atoms with Crippen molar-refractivity contribution in [2.45, 2.75) is 26.2 Å². The van der Waals surface area contributed by atoms with Crippen LogP contribution < -0.4 is 20.1 Å². The van der Waals surface area contributed by atoms with Gasteiger partial charge in [0.2, 0.25) is 5.91 Å². The molecule has 7 nitrogen and oxygen atoms in total. The van der Waals surface area contributed by atoms with Crippen molar-refractivity contribution in [1.29, 1.82) is 0 Å². The summed E-state index contributed by atoms with van der Waals surface area (Å²) >= 11 is 5.18. The molecular weight excluding hydrogens is 404 g/mol. The molecule has 2 aromatic carbocycles. The van der Waals surface area contributed by atoms with E-state index < -0.39 is 5.97 Å². The maximum absolute atomic E-state index is 12.0. The molecule has 0 saturated heterocycles. The van der Waals surface area contributed by atoms with Crippen LogP contribution in [0.5, 0.6) is 11.5 Å². The molecule has 2 rings (SSSR count). The molecule has 0 aliphatic rings. The number of rotatable bonds is 11. The Balaban J connectivity index is 1.75. The van der Waals surface area contributed by atoms with Gasteiger partial charge in [-0.25, -0.2) is 0 Å². The van der Waals surface area contributed by atoms with Gasteiger partial charge in [0.05, 0.1) is 18.7 Å². The Kier molecular flexibility index (Phi) is 10.2. The predicted octanol–water partition coefficient (Wildman–Crippen LogP) is 3.69. The van der Waals surface area contributed by atoms with Crippen molar-refractivity contribution in [3.63, 3.8) is 0 Å². The first-order chi connectivity index (χ1) is 14.6. The Bertz CT molecular complexity index is 829. The van der Waals surface area contributed by atoms with E-state index in [1.165, 1.54) is 0 Å². The van der Waals surface area contributed by atoms with Gasteiger partial charge in [0.1, 0.15) is 24.7 Å². The Hall–Kier alpha value is -3.13. The number of nitrogens with one attached hydrogen (secondary N) is 2. The average Bonchev–Trinajstić information content (AvgIpc) is 2.75. The number of ether oxygens (including phenoxy) is 3. The average molecular weight is 431 g/mol. The summed E-state index contributed by atoms with van der Waals surface area (Å²) in [5.41, 5.74) is 0.616. The first-order valence-electron chi connectivity index (χ1n) is 9.74. The van der Waals surface area contributed by atoms with Crippen LogP contribution in [0.3, 0.4) is 0 Å². The molecule has 160 valence electrons. The molecule has 0 atom stereocenters. The zero-order valence-corrected chi connectivity index (χ0v) is 17.7. The van der Waals surface area contributed by atoms with Crippen LogP contribution in [0.4, 0.5) is 5.69 Å². The minimum Gasteiger partial charge on any atom is -0.490 e. The Morgan fingerprint density at radius 1 is 0.900 bits per heavy atom. The van der Waals surface area contributed by atoms with Gasteiger partial charge in [-0.05, 0) is 42.9 Å². The largest absolute Gasteiger partial charge is 0.490 e. The lowest BCUT2D eigenvalue weighted by Crippen LogP contribution is -2.34. The van der Waals surface area contributed by atoms with Crippen molar-refractivity contribution >= 4 is 34.9 Å². The molecule has 0 aliphatic heterocycles. The van der Waals surface area contributed by atoms with Crippen molar-refractivity contribution in [2.24, 2.45) is 0 Å². The SMILES string of the molecule is CCCOC(=O)CCC(=O)NC(=S)Nc1ccccc1OCCOc1ccccc1. The molecular formula is C22H26N2O5S. The Morgan fingerprint density at radius 2 is 1.60 bits per heavy atom. The van der Waals surface area contributed by atoms with Crippen molar-refractivity contribution in [2.75, 3.05) is 25.1 Å². The summed E-state index contributed by atoms with van der Waals surface area (Å²) in [6.45, 7) is 2.98. The fourth-order valence-electron chi connectivity index (χ4n) is 2.37. The van der Waals surface area contributed by atoms with E-state index in [1.807, 2.05) is 49.4 Å². The summed E-state index contributed by atoms with van der Waals surface area (Å²) in [6, 6.07) is 16.7. The number of carbonyl (C=O) groups excluding carboxylic acids is 2. The zero-order chi connectivity index (χ0) is 21.6. The molecule has 1 amide bonds. The third-order valence-corrected chi connectivity index (χ3v) is 3.97. The third-order valence-electron chi connectivity index (χ3n) is 3.76. The second kappa shape index (κ2) is 13.2. The number of para-hydroxylation sites is 3. The second-order valence-electron chi connectivity index (χ2n) is 6.23. The van der Waals surface area contributed by atoms with Crippen LogP contribution in [0.15, 0.2) is 54.6 Å². The topological polar surface area (TPSA) is 85.9 Å². The van der Waals surface area contributed by atoms with Gasteiger partial charge in [0.25, 0.3) is 0 Å². The normalized spacial score (nSPS) is 10.0. The minimum absolute atomic E-state index is 0.000655. The predicted molar refractivity (Wildman–Crippen MR) is 119 cm³/mol. The van der Waals surface area contributed by atoms with Gasteiger partial charge in [-0.2, -0.15) is 0 Å². The summed E-state index contributed by atoms with van der Waals surface area (Å²) in [6.07, 6.45) is 0.751. The van der Waals surface area contributed by atoms with E-state index in [-0.39, 0.29) is 23.9 Å². The second-order valence-corrected chi connectivity index (χ2v) is 6.64. The van der Waals surface area contributed by atoms with E-state index in [0.717, 1.165) is 12.2 Å². The molecule has 0 spiro atoms. The zero-order valence-electron chi connectivity index (χ0n) is 16.9. The van der Waals surface area contributed by atoms with E-state index in [2.05, 4.69) is 10.6 Å². The molecule has 0 bridgehead atoms. The van der Waals surface area contributed by atoms with Crippen LogP contribution >= 0.6 is 12.2 Å². The van der Waals surface area contributed by atoms with E-state index in [0.29, 0.717) is 31.3 Å². The summed E-state index contributed by atoms with van der Waals surface area (Å²) in [5.74, 6) is 0.585. The standard InChI is InChI=1S/C22H26N2O5S/c1-2-14-29-21(26)13-12-20(25)24-22(30)23-18-10-6-7-11-19(18)28-16-15-27-17-8-4-3-5-9-17/h3-11H,2,12-16H2,1H3,(H2,23,24,25,30). The maximum Gasteiger partial charge on any atom is 0.306 e. The van der Waals surface area contributed by atoms with Gasteiger partial charge in [-0.1, -0.05) is 37.3 Å². The fraction of sp³-hybridized carbons (Fsp3) is 0.318. The number of amides is 1. The molecule has 0 fully saturated rings. The van der Waals surface area contributed by atoms with Gasteiger partial charge >= 0.3 is 5.97 Å². The van der Waals surface area contributed by atoms with Gasteiger partial charge in [0, 0.05) is 6.42 Å². The minimum atomic E-state index is -0.401. The number of benzene rings is 2. The monoisotopic (exact) mass is 430 g/mol. The summed E-state index contributed by atoms with van der Waals surface area (Å²) < 4.78 is 16.3. The fourth-order valence-corrected chi connectivity index (χ4v) is 2.59. The number of anilines is 1. The van der Waals surface area contributed by atoms with Gasteiger partial charge in [0.15, 0.2) is 5.11 Å². The van der Waals surface area contributed by atoms with E-state index in [4.69, 9.17) is 26.4 Å². The highest BCUT2D eigenvalue weighted by Gasteiger charge is 2.11. The summed E-state index contributed by atoms with van der Waals surface area (Å²) in [4.78, 5) is 23.4. The molecule has 0 radical (unpaired) electrons. The van der Waals surface area contributed by atoms with Crippen molar-refractivity contribution in [3.8, 4) is 11.5 Å². The van der Waals surface area contributed by atoms with Crippen molar-refractivity contribution in [3.05, 3.63) is 54.6 Å². The van der Waals surface area contributed by atoms with Gasteiger partial charge in [-0.3, -0.25) is 9.59 Å². The highest BCUT2D eigenvalue weighted by atomic mass is 32.1. The van der Waals surface area contributed by atoms with Crippen molar-refractivity contribution in [1.82, 2.24) is 5.32 Å². The third kappa shape index (κ3) is 8.91. The highest BCUT2D eigenvalue weighted by Crippen LogP contribution is 2.23. The van der Waals surface area contributed by atoms with Crippen LogP contribution in [0.25, 0.3) is 0 Å². The smallest absolute Gasteiger partial charge is 0.306 e. The van der Waals surface area contributed by atoms with Crippen LogP contribution in [0.2, 0.25) is 0 Å². The number of hydrogen-bond donors (Lipinski definition) is 2. The number of carbonyl (C=O) groups is 2. The van der Waals surface area contributed by atoms with Crippen LogP contribution in [-0.4, -0.2) is 36.8 Å². The summed E-state index contributed by atoms with van der Waals surface area (Å²) in [5, 5.41) is 5.61. The number of hydrogen-bond acceptors (Lipinski definition) is 6. The molecule has 2 aromatic rings. The van der Waals surface area contributed by atoms with E-state index in [1.54, 1.807) is 12.1 Å². The van der Waals surface area contributed by atoms with Crippen LogP contribution in [0, 0.1) is 0 Å². The Morgan fingerprint density at radius 3 is 2.37 bits per heavy atom. The maximum atomic E-state index is 12.0. The summed E-state index contributed by atoms with van der Waals surface area (Å²) in [7, 11) is 0. The lowest BCUT2D eigenvalue weighted by molar-refractivity contribution is -0.144. The molecule has 0 heterocycles. The number of esters is 1. The van der Waals surface area contributed by atoms with Crippen LogP contribution in [-0.2, 0) is 14.3 Å². The molecule has 30 heavy (non-hydrogen) atoms. The molecule has 0 aliphatic carbocycles. The molecule has 0 unspecified atom stereocenters. The Labute approximate surface area is 181 Å².